The first-order valence-corrected chi connectivity index (χ1v) is 7.97. The summed E-state index contributed by atoms with van der Waals surface area (Å²) in [5.74, 6) is -0.218. The lowest BCUT2D eigenvalue weighted by molar-refractivity contribution is 0.000872. The quantitative estimate of drug-likeness (QED) is 0.794. The summed E-state index contributed by atoms with van der Waals surface area (Å²) < 4.78 is 13.0. The summed E-state index contributed by atoms with van der Waals surface area (Å²) in [6, 6.07) is 13.1. The lowest BCUT2D eigenvalue weighted by atomic mass is 9.73. The maximum absolute atomic E-state index is 13.0. The van der Waals surface area contributed by atoms with Crippen molar-refractivity contribution in [1.82, 2.24) is 4.90 Å². The predicted molar refractivity (Wildman–Crippen MR) is 89.6 cm³/mol. The smallest absolute Gasteiger partial charge is 0.322 e. The van der Waals surface area contributed by atoms with Crippen LogP contribution in [0.25, 0.3) is 0 Å². The van der Waals surface area contributed by atoms with E-state index in [1.54, 1.807) is 4.90 Å². The molecule has 0 bridgehead atoms. The number of carbonyl (C=O) groups excluding carboxylic acids is 1. The Morgan fingerprint density at radius 1 is 1.25 bits per heavy atom. The predicted octanol–water partition coefficient (Wildman–Crippen LogP) is 2.61. The van der Waals surface area contributed by atoms with Crippen LogP contribution in [0.15, 0.2) is 48.5 Å². The number of amides is 2. The van der Waals surface area contributed by atoms with E-state index in [1.165, 1.54) is 24.3 Å². The minimum Gasteiger partial charge on any atom is -0.394 e. The zero-order valence-corrected chi connectivity index (χ0v) is 12.9. The Labute approximate surface area is 139 Å². The number of anilines is 2. The van der Waals surface area contributed by atoms with E-state index in [9.17, 15) is 14.3 Å². The lowest BCUT2D eigenvalue weighted by Crippen LogP contribution is -2.69. The van der Waals surface area contributed by atoms with Crippen LogP contribution in [0.2, 0.25) is 0 Å². The van der Waals surface area contributed by atoms with Crippen molar-refractivity contribution in [3.63, 3.8) is 0 Å². The highest BCUT2D eigenvalue weighted by atomic mass is 19.1. The molecule has 0 aliphatic carbocycles. The average Bonchev–Trinajstić information content (AvgIpc) is 2.57. The summed E-state index contributed by atoms with van der Waals surface area (Å²) >= 11 is 0. The highest BCUT2D eigenvalue weighted by molar-refractivity contribution is 5.91. The highest BCUT2D eigenvalue weighted by Gasteiger charge is 2.53. The number of hydrogen-bond acceptors (Lipinski definition) is 3. The van der Waals surface area contributed by atoms with Crippen LogP contribution in [0.1, 0.15) is 11.5 Å². The average molecular weight is 327 g/mol. The summed E-state index contributed by atoms with van der Waals surface area (Å²) in [5, 5.41) is 15.9. The number of likely N-dealkylation sites (tertiary alicyclic amines) is 1. The standard InChI is InChI=1S/C18H18FN3O2/c19-11-5-7-12(8-6-11)21-18(24)22-15-9-20-14-4-2-1-3-13(14)17(15)16(22)10-23/h1-8,15-17,20,23H,9-10H2,(H,21,24)/t15-,16-,17+/m1/s1. The second-order valence-electron chi connectivity index (χ2n) is 6.16. The van der Waals surface area contributed by atoms with Crippen LogP contribution >= 0.6 is 0 Å². The van der Waals surface area contributed by atoms with Crippen molar-refractivity contribution in [1.29, 1.82) is 0 Å². The van der Waals surface area contributed by atoms with Gasteiger partial charge in [-0.05, 0) is 35.9 Å². The van der Waals surface area contributed by atoms with Gasteiger partial charge in [-0.2, -0.15) is 0 Å². The molecular weight excluding hydrogens is 309 g/mol. The van der Waals surface area contributed by atoms with Crippen molar-refractivity contribution in [2.75, 3.05) is 23.8 Å². The molecular formula is C18H18FN3O2. The number of aliphatic hydroxyl groups excluding tert-OH is 1. The fourth-order valence-electron chi connectivity index (χ4n) is 3.77. The number of aliphatic hydroxyl groups is 1. The van der Waals surface area contributed by atoms with Gasteiger partial charge < -0.3 is 20.6 Å². The molecule has 6 heteroatoms. The molecule has 2 aromatic rings. The van der Waals surface area contributed by atoms with E-state index >= 15 is 0 Å². The molecule has 0 spiro atoms. The molecule has 2 aromatic carbocycles. The van der Waals surface area contributed by atoms with Gasteiger partial charge in [-0.25, -0.2) is 9.18 Å². The maximum Gasteiger partial charge on any atom is 0.322 e. The van der Waals surface area contributed by atoms with E-state index in [2.05, 4.69) is 10.6 Å². The molecule has 1 saturated heterocycles. The summed E-state index contributed by atoms with van der Waals surface area (Å²) in [6.07, 6.45) is 0. The maximum atomic E-state index is 13.0. The molecule has 1 fully saturated rings. The van der Waals surface area contributed by atoms with Gasteiger partial charge >= 0.3 is 6.03 Å². The second-order valence-corrected chi connectivity index (χ2v) is 6.16. The number of nitrogens with zero attached hydrogens (tertiary/aromatic N) is 1. The molecule has 0 unspecified atom stereocenters. The summed E-state index contributed by atoms with van der Waals surface area (Å²) in [6.45, 7) is 0.557. The number of fused-ring (bicyclic) bond motifs is 3. The molecule has 3 atom stereocenters. The molecule has 2 heterocycles. The third-order valence-corrected chi connectivity index (χ3v) is 4.88. The lowest BCUT2D eigenvalue weighted by Gasteiger charge is -2.57. The SMILES string of the molecule is O=C(Nc1ccc(F)cc1)N1[C@H](CO)[C@H]2c3ccccc3NC[C@H]21. The van der Waals surface area contributed by atoms with Crippen molar-refractivity contribution in [3.05, 3.63) is 59.9 Å². The molecule has 2 aliphatic rings. The highest BCUT2D eigenvalue weighted by Crippen LogP contribution is 2.46. The molecule has 2 aliphatic heterocycles. The second kappa shape index (κ2) is 5.79. The van der Waals surface area contributed by atoms with E-state index in [-0.39, 0.29) is 36.5 Å². The number of nitrogens with one attached hydrogen (secondary N) is 2. The fourth-order valence-corrected chi connectivity index (χ4v) is 3.77. The van der Waals surface area contributed by atoms with Crippen molar-refractivity contribution >= 4 is 17.4 Å². The van der Waals surface area contributed by atoms with Crippen molar-refractivity contribution in [3.8, 4) is 0 Å². The first-order chi connectivity index (χ1) is 11.7. The first-order valence-electron chi connectivity index (χ1n) is 7.97. The Morgan fingerprint density at radius 3 is 2.75 bits per heavy atom. The van der Waals surface area contributed by atoms with E-state index < -0.39 is 0 Å². The Morgan fingerprint density at radius 2 is 2.00 bits per heavy atom. The molecule has 0 aromatic heterocycles. The van der Waals surface area contributed by atoms with Gasteiger partial charge in [-0.3, -0.25) is 0 Å². The summed E-state index contributed by atoms with van der Waals surface area (Å²) in [5.41, 5.74) is 2.74. The van der Waals surface area contributed by atoms with Crippen LogP contribution in [-0.4, -0.2) is 41.3 Å². The van der Waals surface area contributed by atoms with Gasteiger partial charge in [0.05, 0.1) is 18.7 Å². The third-order valence-electron chi connectivity index (χ3n) is 4.88. The normalized spacial score (nSPS) is 24.2. The summed E-state index contributed by atoms with van der Waals surface area (Å²) in [7, 11) is 0. The number of para-hydroxylation sites is 1. The van der Waals surface area contributed by atoms with Crippen molar-refractivity contribution < 1.29 is 14.3 Å². The Kier molecular flexibility index (Phi) is 3.61. The minimum absolute atomic E-state index is 0.00232. The minimum atomic E-state index is -0.349. The van der Waals surface area contributed by atoms with Crippen molar-refractivity contribution in [2.45, 2.75) is 18.0 Å². The zero-order chi connectivity index (χ0) is 16.7. The van der Waals surface area contributed by atoms with E-state index in [4.69, 9.17) is 0 Å². The van der Waals surface area contributed by atoms with Crippen LogP contribution in [0.5, 0.6) is 0 Å². The largest absolute Gasteiger partial charge is 0.394 e. The number of hydrogen-bond donors (Lipinski definition) is 3. The van der Waals surface area contributed by atoms with Crippen LogP contribution in [0.3, 0.4) is 0 Å². The van der Waals surface area contributed by atoms with Crippen LogP contribution in [-0.2, 0) is 0 Å². The Balaban J connectivity index is 1.54. The van der Waals surface area contributed by atoms with E-state index in [1.807, 2.05) is 24.3 Å². The van der Waals surface area contributed by atoms with Crippen LogP contribution < -0.4 is 10.6 Å². The van der Waals surface area contributed by atoms with Gasteiger partial charge in [0.1, 0.15) is 5.82 Å². The van der Waals surface area contributed by atoms with Crippen LogP contribution in [0, 0.1) is 5.82 Å². The zero-order valence-electron chi connectivity index (χ0n) is 12.9. The molecule has 0 saturated carbocycles. The Bertz CT molecular complexity index is 765. The number of rotatable bonds is 2. The topological polar surface area (TPSA) is 64.6 Å². The molecule has 24 heavy (non-hydrogen) atoms. The number of benzene rings is 2. The molecule has 5 nitrogen and oxygen atoms in total. The van der Waals surface area contributed by atoms with Gasteiger partial charge in [0, 0.05) is 23.8 Å². The van der Waals surface area contributed by atoms with Crippen LogP contribution in [0.4, 0.5) is 20.6 Å². The number of carbonyl (C=O) groups is 1. The van der Waals surface area contributed by atoms with E-state index in [0.29, 0.717) is 12.2 Å². The summed E-state index contributed by atoms with van der Waals surface area (Å²) in [4.78, 5) is 14.3. The van der Waals surface area contributed by atoms with Gasteiger partial charge in [0.25, 0.3) is 0 Å². The monoisotopic (exact) mass is 327 g/mol. The van der Waals surface area contributed by atoms with Gasteiger partial charge in [0.2, 0.25) is 0 Å². The number of urea groups is 1. The first kappa shape index (κ1) is 15.0. The van der Waals surface area contributed by atoms with E-state index in [0.717, 1.165) is 11.3 Å². The molecule has 124 valence electrons. The van der Waals surface area contributed by atoms with Gasteiger partial charge in [-0.1, -0.05) is 18.2 Å². The molecule has 3 N–H and O–H groups in total. The van der Waals surface area contributed by atoms with Gasteiger partial charge in [-0.15, -0.1) is 0 Å². The fraction of sp³-hybridized carbons (Fsp3) is 0.278. The third kappa shape index (κ3) is 2.30. The van der Waals surface area contributed by atoms with Gasteiger partial charge in [0.15, 0.2) is 0 Å². The molecule has 0 radical (unpaired) electrons. The number of halogens is 1. The molecule has 4 rings (SSSR count). The van der Waals surface area contributed by atoms with Crippen molar-refractivity contribution in [2.24, 2.45) is 0 Å². The molecule has 2 amide bonds. The Hall–Kier alpha value is -2.60.